The first kappa shape index (κ1) is 14.4. The minimum Gasteiger partial charge on any atom is -0.378 e. The lowest BCUT2D eigenvalue weighted by Crippen LogP contribution is -2.36. The van der Waals surface area contributed by atoms with Crippen molar-refractivity contribution in [1.82, 2.24) is 9.97 Å². The number of anilines is 1. The molecule has 1 aliphatic rings. The molecular formula is C10H14ClN3O4S. The lowest BCUT2D eigenvalue weighted by atomic mass is 10.3. The van der Waals surface area contributed by atoms with E-state index in [9.17, 15) is 8.42 Å². The van der Waals surface area contributed by atoms with Gasteiger partial charge < -0.3 is 9.64 Å². The second-order valence-electron chi connectivity index (χ2n) is 4.05. The van der Waals surface area contributed by atoms with Crippen molar-refractivity contribution in [3.05, 3.63) is 17.0 Å². The van der Waals surface area contributed by atoms with Gasteiger partial charge in [-0.3, -0.25) is 4.18 Å². The summed E-state index contributed by atoms with van der Waals surface area (Å²) < 4.78 is 31.8. The Balaban J connectivity index is 2.14. The first-order valence-corrected chi connectivity index (χ1v) is 7.84. The molecule has 0 spiro atoms. The normalized spacial score (nSPS) is 16.6. The topological polar surface area (TPSA) is 81.6 Å². The summed E-state index contributed by atoms with van der Waals surface area (Å²) in [5, 5.41) is 0.0658. The number of morpholine rings is 1. The average Bonchev–Trinajstić information content (AvgIpc) is 2.36. The molecule has 1 saturated heterocycles. The zero-order valence-corrected chi connectivity index (χ0v) is 11.9. The van der Waals surface area contributed by atoms with Crippen LogP contribution in [0.25, 0.3) is 0 Å². The molecule has 0 saturated carbocycles. The van der Waals surface area contributed by atoms with Crippen molar-refractivity contribution in [3.8, 4) is 0 Å². The fourth-order valence-corrected chi connectivity index (χ4v) is 2.18. The van der Waals surface area contributed by atoms with E-state index in [-0.39, 0.29) is 11.9 Å². The maximum absolute atomic E-state index is 11.0. The minimum absolute atomic E-state index is 0.0658. The van der Waals surface area contributed by atoms with E-state index in [1.54, 1.807) is 6.07 Å². The van der Waals surface area contributed by atoms with Gasteiger partial charge in [-0.05, 0) is 11.6 Å². The largest absolute Gasteiger partial charge is 0.378 e. The Kier molecular flexibility index (Phi) is 4.56. The molecule has 0 bridgehead atoms. The molecule has 0 atom stereocenters. The maximum atomic E-state index is 11.0. The summed E-state index contributed by atoms with van der Waals surface area (Å²) in [6, 6.07) is 1.67. The lowest BCUT2D eigenvalue weighted by Gasteiger charge is -2.27. The Morgan fingerprint density at radius 1 is 1.42 bits per heavy atom. The number of aromatic nitrogens is 2. The molecule has 0 aromatic carbocycles. The highest BCUT2D eigenvalue weighted by Crippen LogP contribution is 2.17. The molecule has 0 amide bonds. The van der Waals surface area contributed by atoms with Crippen LogP contribution in [0.3, 0.4) is 0 Å². The number of nitrogens with zero attached hydrogens (tertiary/aromatic N) is 3. The van der Waals surface area contributed by atoms with Gasteiger partial charge in [0.15, 0.2) is 0 Å². The fourth-order valence-electron chi connectivity index (χ4n) is 1.65. The highest BCUT2D eigenvalue weighted by atomic mass is 35.5. The van der Waals surface area contributed by atoms with Gasteiger partial charge in [-0.15, -0.1) is 0 Å². The summed E-state index contributed by atoms with van der Waals surface area (Å²) in [5.74, 6) is 0.649. The minimum atomic E-state index is -3.51. The third kappa shape index (κ3) is 4.57. The van der Waals surface area contributed by atoms with Gasteiger partial charge in [0.1, 0.15) is 12.4 Å². The monoisotopic (exact) mass is 307 g/mol. The summed E-state index contributed by atoms with van der Waals surface area (Å²) >= 11 is 5.83. The first-order valence-electron chi connectivity index (χ1n) is 5.64. The highest BCUT2D eigenvalue weighted by Gasteiger charge is 2.15. The second-order valence-corrected chi connectivity index (χ2v) is 6.03. The van der Waals surface area contributed by atoms with Crippen LogP contribution in [0.1, 0.15) is 5.69 Å². The van der Waals surface area contributed by atoms with Crippen LogP contribution in [0, 0.1) is 0 Å². The third-order valence-electron chi connectivity index (χ3n) is 2.49. The summed E-state index contributed by atoms with van der Waals surface area (Å²) in [4.78, 5) is 10.1. The standard InChI is InChI=1S/C10H14ClN3O4S/c1-19(15,16)18-7-8-6-9(13-10(11)12-8)14-2-4-17-5-3-14/h6H,2-5,7H2,1H3. The van der Waals surface area contributed by atoms with Crippen LogP contribution in [-0.2, 0) is 25.6 Å². The molecule has 2 heterocycles. The zero-order chi connectivity index (χ0) is 13.9. The quantitative estimate of drug-likeness (QED) is 0.590. The predicted molar refractivity (Wildman–Crippen MR) is 69.7 cm³/mol. The van der Waals surface area contributed by atoms with Crippen molar-refractivity contribution in [3.63, 3.8) is 0 Å². The average molecular weight is 308 g/mol. The van der Waals surface area contributed by atoms with E-state index in [4.69, 9.17) is 20.5 Å². The van der Waals surface area contributed by atoms with E-state index in [2.05, 4.69) is 9.97 Å². The molecule has 19 heavy (non-hydrogen) atoms. The smallest absolute Gasteiger partial charge is 0.264 e. The number of hydrogen-bond acceptors (Lipinski definition) is 7. The Hall–Kier alpha value is -0.960. The van der Waals surface area contributed by atoms with Crippen molar-refractivity contribution in [1.29, 1.82) is 0 Å². The van der Waals surface area contributed by atoms with Crippen LogP contribution in [-0.4, -0.2) is 50.9 Å². The predicted octanol–water partition coefficient (Wildman–Crippen LogP) is 0.443. The molecule has 1 aliphatic heterocycles. The molecule has 0 N–H and O–H groups in total. The summed E-state index contributed by atoms with van der Waals surface area (Å²) in [6.07, 6.45) is 0.985. The molecule has 1 fully saturated rings. The second kappa shape index (κ2) is 6.00. The Labute approximate surface area is 116 Å². The Bertz CT molecular complexity index is 546. The molecule has 0 aliphatic carbocycles. The molecular weight excluding hydrogens is 294 g/mol. The third-order valence-corrected chi connectivity index (χ3v) is 3.21. The van der Waals surface area contributed by atoms with Crippen molar-refractivity contribution < 1.29 is 17.3 Å². The van der Waals surface area contributed by atoms with Gasteiger partial charge in [-0.25, -0.2) is 9.97 Å². The van der Waals surface area contributed by atoms with Gasteiger partial charge in [0.05, 0.1) is 25.2 Å². The van der Waals surface area contributed by atoms with Crippen LogP contribution < -0.4 is 4.90 Å². The van der Waals surface area contributed by atoms with E-state index in [0.717, 1.165) is 6.26 Å². The summed E-state index contributed by atoms with van der Waals surface area (Å²) in [7, 11) is -3.51. The van der Waals surface area contributed by atoms with Crippen molar-refractivity contribution in [2.45, 2.75) is 6.61 Å². The van der Waals surface area contributed by atoms with Gasteiger partial charge in [0.25, 0.3) is 10.1 Å². The van der Waals surface area contributed by atoms with E-state index >= 15 is 0 Å². The summed E-state index contributed by atoms with van der Waals surface area (Å²) in [6.45, 7) is 2.51. The Morgan fingerprint density at radius 2 is 2.11 bits per heavy atom. The first-order chi connectivity index (χ1) is 8.94. The van der Waals surface area contributed by atoms with Crippen molar-refractivity contribution >= 4 is 27.5 Å². The van der Waals surface area contributed by atoms with E-state index in [1.165, 1.54) is 0 Å². The molecule has 0 unspecified atom stereocenters. The van der Waals surface area contributed by atoms with Crippen LogP contribution in [0.5, 0.6) is 0 Å². The number of halogens is 1. The van der Waals surface area contributed by atoms with Crippen molar-refractivity contribution in [2.75, 3.05) is 37.5 Å². The van der Waals surface area contributed by atoms with Crippen LogP contribution in [0.15, 0.2) is 6.07 Å². The van der Waals surface area contributed by atoms with Gasteiger partial charge >= 0.3 is 0 Å². The number of hydrogen-bond donors (Lipinski definition) is 0. The van der Waals surface area contributed by atoms with Crippen LogP contribution >= 0.6 is 11.6 Å². The SMILES string of the molecule is CS(=O)(=O)OCc1cc(N2CCOCC2)nc(Cl)n1. The van der Waals surface area contributed by atoms with Crippen LogP contribution in [0.4, 0.5) is 5.82 Å². The molecule has 9 heteroatoms. The Morgan fingerprint density at radius 3 is 2.74 bits per heavy atom. The van der Waals surface area contributed by atoms with Gasteiger partial charge in [-0.1, -0.05) is 0 Å². The van der Waals surface area contributed by atoms with E-state index in [0.29, 0.717) is 37.8 Å². The van der Waals surface area contributed by atoms with Gasteiger partial charge in [-0.2, -0.15) is 8.42 Å². The number of rotatable bonds is 4. The van der Waals surface area contributed by atoms with Crippen LogP contribution in [0.2, 0.25) is 5.28 Å². The lowest BCUT2D eigenvalue weighted by molar-refractivity contribution is 0.122. The zero-order valence-electron chi connectivity index (χ0n) is 10.4. The maximum Gasteiger partial charge on any atom is 0.264 e. The van der Waals surface area contributed by atoms with Crippen molar-refractivity contribution in [2.24, 2.45) is 0 Å². The van der Waals surface area contributed by atoms with E-state index < -0.39 is 10.1 Å². The molecule has 1 aromatic rings. The molecule has 2 rings (SSSR count). The molecule has 106 valence electrons. The fraction of sp³-hybridized carbons (Fsp3) is 0.600. The molecule has 0 radical (unpaired) electrons. The van der Waals surface area contributed by atoms with Gasteiger partial charge in [0.2, 0.25) is 5.28 Å². The molecule has 7 nitrogen and oxygen atoms in total. The molecule has 1 aromatic heterocycles. The summed E-state index contributed by atoms with van der Waals surface area (Å²) in [5.41, 5.74) is 0.423. The highest BCUT2D eigenvalue weighted by molar-refractivity contribution is 7.85. The number of ether oxygens (including phenoxy) is 1. The van der Waals surface area contributed by atoms with E-state index in [1.807, 2.05) is 4.90 Å². The van der Waals surface area contributed by atoms with Gasteiger partial charge in [0, 0.05) is 19.2 Å².